The van der Waals surface area contributed by atoms with Crippen LogP contribution >= 0.6 is 0 Å². The predicted molar refractivity (Wildman–Crippen MR) is 83.7 cm³/mol. The van der Waals surface area contributed by atoms with Gasteiger partial charge < -0.3 is 13.3 Å². The van der Waals surface area contributed by atoms with Crippen molar-refractivity contribution in [1.82, 2.24) is 0 Å². The number of rotatable bonds is 13. The topological polar surface area (TPSA) is 44.8 Å². The zero-order valence-electron chi connectivity index (χ0n) is 13.7. The summed E-state index contributed by atoms with van der Waals surface area (Å²) in [6.45, 7) is 4.15. The van der Waals surface area contributed by atoms with E-state index < -0.39 is 9.53 Å². The van der Waals surface area contributed by atoms with Gasteiger partial charge in [0.15, 0.2) is 0 Å². The first-order chi connectivity index (χ1) is 9.65. The van der Waals surface area contributed by atoms with Gasteiger partial charge in [-0.3, -0.25) is 4.79 Å². The SMILES string of the molecule is CCCCCCCCCCC(C)C(=O)O[SiH](OC)OC. The molecular formula is C15H32O4Si. The fourth-order valence-corrected chi connectivity index (χ4v) is 2.91. The number of hydrogen-bond acceptors (Lipinski definition) is 4. The van der Waals surface area contributed by atoms with Gasteiger partial charge in [0, 0.05) is 14.2 Å². The van der Waals surface area contributed by atoms with Crippen LogP contribution in [0.5, 0.6) is 0 Å². The van der Waals surface area contributed by atoms with Crippen molar-refractivity contribution in [1.29, 1.82) is 0 Å². The maximum atomic E-state index is 11.8. The first-order valence-electron chi connectivity index (χ1n) is 7.91. The van der Waals surface area contributed by atoms with Crippen molar-refractivity contribution in [2.75, 3.05) is 14.2 Å². The van der Waals surface area contributed by atoms with Crippen molar-refractivity contribution in [3.05, 3.63) is 0 Å². The highest BCUT2D eigenvalue weighted by Gasteiger charge is 2.21. The molecule has 0 aliphatic rings. The van der Waals surface area contributed by atoms with E-state index in [9.17, 15) is 4.79 Å². The molecule has 0 fully saturated rings. The minimum atomic E-state index is -2.22. The van der Waals surface area contributed by atoms with E-state index in [1.807, 2.05) is 6.92 Å². The van der Waals surface area contributed by atoms with E-state index >= 15 is 0 Å². The molecular weight excluding hydrogens is 272 g/mol. The Hall–Kier alpha value is -0.393. The van der Waals surface area contributed by atoms with Crippen molar-refractivity contribution in [3.63, 3.8) is 0 Å². The van der Waals surface area contributed by atoms with E-state index in [0.29, 0.717) is 0 Å². The third kappa shape index (κ3) is 10.4. The third-order valence-corrected chi connectivity index (χ3v) is 4.68. The first-order valence-corrected chi connectivity index (χ1v) is 9.33. The van der Waals surface area contributed by atoms with Crippen LogP contribution in [0.25, 0.3) is 0 Å². The van der Waals surface area contributed by atoms with E-state index in [1.165, 1.54) is 59.2 Å². The Bertz CT molecular complexity index is 232. The van der Waals surface area contributed by atoms with Gasteiger partial charge in [0.05, 0.1) is 5.92 Å². The summed E-state index contributed by atoms with van der Waals surface area (Å²) in [7, 11) is 0.802. The monoisotopic (exact) mass is 304 g/mol. The van der Waals surface area contributed by atoms with Crippen LogP contribution in [0.2, 0.25) is 0 Å². The summed E-state index contributed by atoms with van der Waals surface area (Å²) in [6, 6.07) is 0. The molecule has 0 heterocycles. The summed E-state index contributed by atoms with van der Waals surface area (Å²) >= 11 is 0. The lowest BCUT2D eigenvalue weighted by atomic mass is 10.0. The normalized spacial score (nSPS) is 12.7. The summed E-state index contributed by atoms with van der Waals surface area (Å²) in [5, 5.41) is 0. The number of carbonyl (C=O) groups excluding carboxylic acids is 1. The second-order valence-corrected chi connectivity index (χ2v) is 7.12. The van der Waals surface area contributed by atoms with E-state index in [0.717, 1.165) is 12.8 Å². The van der Waals surface area contributed by atoms with Crippen LogP contribution in [-0.4, -0.2) is 29.7 Å². The third-order valence-electron chi connectivity index (χ3n) is 3.49. The number of hydrogen-bond donors (Lipinski definition) is 0. The van der Waals surface area contributed by atoms with Gasteiger partial charge in [0.25, 0.3) is 5.97 Å². The maximum Gasteiger partial charge on any atom is 0.550 e. The van der Waals surface area contributed by atoms with E-state index in [4.69, 9.17) is 13.3 Å². The van der Waals surface area contributed by atoms with Gasteiger partial charge >= 0.3 is 9.53 Å². The van der Waals surface area contributed by atoms with E-state index in [-0.39, 0.29) is 11.9 Å². The van der Waals surface area contributed by atoms with Crippen molar-refractivity contribution < 1.29 is 18.1 Å². The minimum Gasteiger partial charge on any atom is -0.475 e. The maximum absolute atomic E-state index is 11.8. The summed E-state index contributed by atoms with van der Waals surface area (Å²) in [5.41, 5.74) is 0. The molecule has 1 unspecified atom stereocenters. The molecule has 0 rings (SSSR count). The highest BCUT2D eigenvalue weighted by atomic mass is 28.3. The van der Waals surface area contributed by atoms with E-state index in [2.05, 4.69) is 6.92 Å². The molecule has 0 saturated heterocycles. The van der Waals surface area contributed by atoms with Gasteiger partial charge in [0.1, 0.15) is 0 Å². The Morgan fingerprint density at radius 3 is 1.95 bits per heavy atom. The van der Waals surface area contributed by atoms with Crippen molar-refractivity contribution in [2.45, 2.75) is 71.6 Å². The molecule has 0 spiro atoms. The standard InChI is InChI=1S/C15H32O4Si/c1-5-6-7-8-9-10-11-12-13-14(2)15(16)19-20(17-3)18-4/h14,20H,5-13H2,1-4H3. The second kappa shape index (κ2) is 13.6. The molecule has 0 bridgehead atoms. The van der Waals surface area contributed by atoms with Crippen LogP contribution in [0.4, 0.5) is 0 Å². The Morgan fingerprint density at radius 1 is 0.950 bits per heavy atom. The second-order valence-electron chi connectivity index (χ2n) is 5.36. The molecule has 0 aliphatic carbocycles. The van der Waals surface area contributed by atoms with Gasteiger partial charge in [-0.1, -0.05) is 65.2 Å². The minimum absolute atomic E-state index is 0.0598. The van der Waals surface area contributed by atoms with Crippen molar-refractivity contribution >= 4 is 15.5 Å². The van der Waals surface area contributed by atoms with Gasteiger partial charge in [-0.15, -0.1) is 0 Å². The molecule has 0 aromatic rings. The lowest BCUT2D eigenvalue weighted by Crippen LogP contribution is -2.30. The summed E-state index contributed by atoms with van der Waals surface area (Å²) in [5.74, 6) is -0.247. The average molecular weight is 305 g/mol. The molecule has 20 heavy (non-hydrogen) atoms. The fourth-order valence-electron chi connectivity index (χ4n) is 2.11. The molecule has 0 aromatic carbocycles. The largest absolute Gasteiger partial charge is 0.550 e. The molecule has 0 N–H and O–H groups in total. The Labute approximate surface area is 126 Å². The van der Waals surface area contributed by atoms with Crippen LogP contribution in [0.15, 0.2) is 0 Å². The predicted octanol–water partition coefficient (Wildman–Crippen LogP) is 3.71. The lowest BCUT2D eigenvalue weighted by Gasteiger charge is -2.15. The van der Waals surface area contributed by atoms with Gasteiger partial charge in [-0.2, -0.15) is 0 Å². The molecule has 1 atom stereocenters. The van der Waals surface area contributed by atoms with Crippen LogP contribution in [-0.2, 0) is 18.1 Å². The number of unbranched alkanes of at least 4 members (excludes halogenated alkanes) is 7. The van der Waals surface area contributed by atoms with Crippen molar-refractivity contribution in [3.8, 4) is 0 Å². The zero-order chi connectivity index (χ0) is 15.2. The first kappa shape index (κ1) is 19.6. The van der Waals surface area contributed by atoms with Gasteiger partial charge in [0.2, 0.25) is 0 Å². The lowest BCUT2D eigenvalue weighted by molar-refractivity contribution is -0.141. The molecule has 0 aromatic heterocycles. The van der Waals surface area contributed by atoms with Gasteiger partial charge in [-0.05, 0) is 6.42 Å². The molecule has 120 valence electrons. The summed E-state index contributed by atoms with van der Waals surface area (Å²) in [6.07, 6.45) is 11.2. The summed E-state index contributed by atoms with van der Waals surface area (Å²) in [4.78, 5) is 11.8. The highest BCUT2D eigenvalue weighted by Crippen LogP contribution is 2.14. The highest BCUT2D eigenvalue weighted by molar-refractivity contribution is 6.39. The molecule has 0 radical (unpaired) electrons. The van der Waals surface area contributed by atoms with Gasteiger partial charge in [-0.25, -0.2) is 0 Å². The molecule has 0 aliphatic heterocycles. The molecule has 4 nitrogen and oxygen atoms in total. The van der Waals surface area contributed by atoms with Crippen LogP contribution in [0.1, 0.15) is 71.6 Å². The summed E-state index contributed by atoms with van der Waals surface area (Å²) < 4.78 is 15.2. The number of carbonyl (C=O) groups is 1. The fraction of sp³-hybridized carbons (Fsp3) is 0.933. The zero-order valence-corrected chi connectivity index (χ0v) is 14.8. The molecule has 0 amide bonds. The molecule has 5 heteroatoms. The average Bonchev–Trinajstić information content (AvgIpc) is 2.46. The Kier molecular flexibility index (Phi) is 13.3. The smallest absolute Gasteiger partial charge is 0.475 e. The van der Waals surface area contributed by atoms with E-state index in [1.54, 1.807) is 0 Å². The Balaban J connectivity index is 3.52. The van der Waals surface area contributed by atoms with Crippen molar-refractivity contribution in [2.24, 2.45) is 5.92 Å². The Morgan fingerprint density at radius 2 is 1.45 bits per heavy atom. The van der Waals surface area contributed by atoms with Crippen LogP contribution in [0, 0.1) is 5.92 Å². The molecule has 0 saturated carbocycles. The van der Waals surface area contributed by atoms with Crippen LogP contribution < -0.4 is 0 Å². The quantitative estimate of drug-likeness (QED) is 0.384. The van der Waals surface area contributed by atoms with Crippen LogP contribution in [0.3, 0.4) is 0 Å².